The van der Waals surface area contributed by atoms with E-state index < -0.39 is 17.0 Å². The second-order valence-corrected chi connectivity index (χ2v) is 15.7. The smallest absolute Gasteiger partial charge is 0.447 e. The monoisotopic (exact) mass is 716 g/mol. The van der Waals surface area contributed by atoms with Gasteiger partial charge in [0.05, 0.1) is 19.4 Å². The molecule has 0 aliphatic heterocycles. The van der Waals surface area contributed by atoms with Crippen LogP contribution in [0.5, 0.6) is 17.2 Å². The van der Waals surface area contributed by atoms with Gasteiger partial charge < -0.3 is 18.1 Å². The number of hydrogen-bond donors (Lipinski definition) is 0. The molecule has 0 aliphatic rings. The number of hydrogen-bond acceptors (Lipinski definition) is 5. The van der Waals surface area contributed by atoms with E-state index in [9.17, 15) is 0 Å². The molecule has 0 aromatic heterocycles. The molecule has 5 nitrogen and oxygen atoms in total. The van der Waals surface area contributed by atoms with Crippen LogP contribution >= 0.6 is 17.0 Å². The van der Waals surface area contributed by atoms with Crippen LogP contribution in [0, 0.1) is 0 Å². The van der Waals surface area contributed by atoms with Gasteiger partial charge >= 0.3 is 8.60 Å². The van der Waals surface area contributed by atoms with Crippen LogP contribution in [0.25, 0.3) is 0 Å². The Labute approximate surface area is 305 Å². The summed E-state index contributed by atoms with van der Waals surface area (Å²) in [6.07, 6.45) is 4.82. The molecule has 0 aliphatic carbocycles. The van der Waals surface area contributed by atoms with Gasteiger partial charge in [-0.15, -0.1) is 0 Å². The van der Waals surface area contributed by atoms with Crippen molar-refractivity contribution in [2.75, 3.05) is 13.2 Å². The highest BCUT2D eigenvalue weighted by atomic mass is 31.2. The van der Waals surface area contributed by atoms with Gasteiger partial charge in [-0.3, -0.25) is 4.52 Å². The van der Waals surface area contributed by atoms with E-state index in [0.29, 0.717) is 43.0 Å². The Bertz CT molecular complexity index is 1350. The second-order valence-electron chi connectivity index (χ2n) is 13.2. The average Bonchev–Trinajstić information content (AvgIpc) is 3.15. The first-order valence-electron chi connectivity index (χ1n) is 18.5. The van der Waals surface area contributed by atoms with Crippen LogP contribution in [-0.2, 0) is 15.2 Å². The molecule has 0 radical (unpaired) electrons. The van der Waals surface area contributed by atoms with E-state index in [-0.39, 0.29) is 0 Å². The van der Waals surface area contributed by atoms with E-state index in [4.69, 9.17) is 22.6 Å². The van der Waals surface area contributed by atoms with Crippen molar-refractivity contribution < 1.29 is 22.6 Å². The van der Waals surface area contributed by atoms with Gasteiger partial charge in [-0.2, -0.15) is 0 Å². The fourth-order valence-electron chi connectivity index (χ4n) is 5.79. The summed E-state index contributed by atoms with van der Waals surface area (Å²) in [7, 11) is -3.10. The Morgan fingerprint density at radius 1 is 0.440 bits per heavy atom. The van der Waals surface area contributed by atoms with E-state index in [1.807, 2.05) is 30.3 Å². The number of para-hydroxylation sites is 3. The van der Waals surface area contributed by atoms with Crippen LogP contribution in [-0.4, -0.2) is 13.2 Å². The van der Waals surface area contributed by atoms with Gasteiger partial charge in [0.25, 0.3) is 0 Å². The lowest BCUT2D eigenvalue weighted by molar-refractivity contribution is 0.199. The molecule has 0 spiro atoms. The lowest BCUT2D eigenvalue weighted by atomic mass is 9.94. The van der Waals surface area contributed by atoms with E-state index in [0.717, 1.165) is 54.1 Å². The summed E-state index contributed by atoms with van der Waals surface area (Å²) in [6.45, 7) is 18.5. The van der Waals surface area contributed by atoms with Crippen molar-refractivity contribution in [3.05, 3.63) is 125 Å². The molecule has 50 heavy (non-hydrogen) atoms. The zero-order chi connectivity index (χ0) is 35.9. The lowest BCUT2D eigenvalue weighted by Crippen LogP contribution is -2.09. The normalized spacial score (nSPS) is 15.0. The van der Waals surface area contributed by atoms with Gasteiger partial charge in [-0.05, 0) is 95.4 Å². The Kier molecular flexibility index (Phi) is 16.6. The maximum atomic E-state index is 6.78. The highest BCUT2D eigenvalue weighted by Crippen LogP contribution is 2.48. The van der Waals surface area contributed by atoms with E-state index in [2.05, 4.69) is 122 Å². The SMILES string of the molecule is CCC(C)c1ccccc1CP(OCCOP(Oc1ccccc1C(C)CC)Oc1ccccc1C(C)CC)Oc1ccccc1C(C)CC. The van der Waals surface area contributed by atoms with Crippen LogP contribution in [0.15, 0.2) is 97.1 Å². The molecule has 0 bridgehead atoms. The summed E-state index contributed by atoms with van der Waals surface area (Å²) in [5.74, 6) is 4.01. The fraction of sp³-hybridized carbons (Fsp3) is 0.442. The second kappa shape index (κ2) is 20.8. The van der Waals surface area contributed by atoms with Crippen molar-refractivity contribution in [3.63, 3.8) is 0 Å². The van der Waals surface area contributed by atoms with Crippen LogP contribution in [0.3, 0.4) is 0 Å². The average molecular weight is 717 g/mol. The molecule has 4 rings (SSSR count). The van der Waals surface area contributed by atoms with Crippen LogP contribution in [0.1, 0.15) is 133 Å². The zero-order valence-corrected chi connectivity index (χ0v) is 33.2. The molecule has 0 saturated carbocycles. The third-order valence-corrected chi connectivity index (χ3v) is 12.3. The Morgan fingerprint density at radius 2 is 0.800 bits per heavy atom. The molecular formula is C43H58O5P2. The molecule has 5 unspecified atom stereocenters. The van der Waals surface area contributed by atoms with Gasteiger partial charge in [-0.1, -0.05) is 134 Å². The van der Waals surface area contributed by atoms with Crippen molar-refractivity contribution in [1.29, 1.82) is 0 Å². The molecule has 5 atom stereocenters. The summed E-state index contributed by atoms with van der Waals surface area (Å²) in [4.78, 5) is 0. The summed E-state index contributed by atoms with van der Waals surface area (Å²) < 4.78 is 33.0. The van der Waals surface area contributed by atoms with Gasteiger partial charge in [0.15, 0.2) is 0 Å². The maximum absolute atomic E-state index is 6.78. The predicted molar refractivity (Wildman–Crippen MR) is 212 cm³/mol. The highest BCUT2D eigenvalue weighted by molar-refractivity contribution is 7.46. The van der Waals surface area contributed by atoms with Gasteiger partial charge in [0.1, 0.15) is 17.2 Å². The molecule has 0 saturated heterocycles. The molecule has 0 N–H and O–H groups in total. The zero-order valence-electron chi connectivity index (χ0n) is 31.4. The van der Waals surface area contributed by atoms with E-state index >= 15 is 0 Å². The molecular weight excluding hydrogens is 658 g/mol. The van der Waals surface area contributed by atoms with Crippen molar-refractivity contribution in [2.24, 2.45) is 0 Å². The Hall–Kier alpha value is -2.94. The Morgan fingerprint density at radius 3 is 1.26 bits per heavy atom. The summed E-state index contributed by atoms with van der Waals surface area (Å²) >= 11 is 0. The molecule has 270 valence electrons. The molecule has 0 heterocycles. The number of rotatable bonds is 21. The molecule has 4 aromatic rings. The van der Waals surface area contributed by atoms with Gasteiger partial charge in [-0.25, -0.2) is 0 Å². The number of benzene rings is 4. The molecule has 0 amide bonds. The van der Waals surface area contributed by atoms with Gasteiger partial charge in [0.2, 0.25) is 8.38 Å². The minimum absolute atomic E-state index is 0.297. The largest absolute Gasteiger partial charge is 0.463 e. The maximum Gasteiger partial charge on any atom is 0.463 e. The standard InChI is InChI=1S/C43H58O5P2/c1-9-32(5)37-22-14-13-21-36(37)31-49(46-41-26-18-15-23-38(41)33(6)10-2)44-29-30-45-50(47-42-27-19-16-24-39(42)34(7)11-3)48-43-28-20-17-25-40(43)35(8)12-4/h13-28,32-35H,9-12,29-31H2,1-8H3. The van der Waals surface area contributed by atoms with Crippen LogP contribution in [0.2, 0.25) is 0 Å². The van der Waals surface area contributed by atoms with E-state index in [1.165, 1.54) is 16.7 Å². The minimum atomic E-state index is -1.78. The highest BCUT2D eigenvalue weighted by Gasteiger charge is 2.25. The van der Waals surface area contributed by atoms with Crippen molar-refractivity contribution in [3.8, 4) is 17.2 Å². The fourth-order valence-corrected chi connectivity index (χ4v) is 8.25. The first-order chi connectivity index (χ1) is 24.3. The first-order valence-corrected chi connectivity index (χ1v) is 21.0. The molecule has 7 heteroatoms. The third kappa shape index (κ3) is 11.3. The van der Waals surface area contributed by atoms with Crippen molar-refractivity contribution in [2.45, 2.75) is 111 Å². The summed E-state index contributed by atoms with van der Waals surface area (Å²) in [5.41, 5.74) is 6.14. The third-order valence-electron chi connectivity index (χ3n) is 9.75. The minimum Gasteiger partial charge on any atom is -0.447 e. The van der Waals surface area contributed by atoms with Gasteiger partial charge in [0, 0.05) is 0 Å². The first kappa shape index (κ1) is 39.8. The summed E-state index contributed by atoms with van der Waals surface area (Å²) in [5, 5.41) is 0. The predicted octanol–water partition coefficient (Wildman–Crippen LogP) is 14.0. The lowest BCUT2D eigenvalue weighted by Gasteiger charge is -2.25. The van der Waals surface area contributed by atoms with Crippen molar-refractivity contribution >= 4 is 17.0 Å². The Balaban J connectivity index is 1.56. The van der Waals surface area contributed by atoms with Crippen molar-refractivity contribution in [1.82, 2.24) is 0 Å². The van der Waals surface area contributed by atoms with Crippen LogP contribution < -0.4 is 13.6 Å². The molecule has 4 aromatic carbocycles. The molecule has 0 fully saturated rings. The summed E-state index contributed by atoms with van der Waals surface area (Å²) in [6, 6.07) is 33.5. The van der Waals surface area contributed by atoms with Crippen LogP contribution in [0.4, 0.5) is 0 Å². The van der Waals surface area contributed by atoms with E-state index in [1.54, 1.807) is 0 Å². The quantitative estimate of drug-likeness (QED) is 0.0634. The topological polar surface area (TPSA) is 46.2 Å².